The van der Waals surface area contributed by atoms with Gasteiger partial charge in [0.25, 0.3) is 0 Å². The lowest BCUT2D eigenvalue weighted by molar-refractivity contribution is -0.120. The number of nitrogens with one attached hydrogen (secondary N) is 1. The van der Waals surface area contributed by atoms with E-state index in [1.165, 1.54) is 0 Å². The van der Waals surface area contributed by atoms with Crippen LogP contribution in [0.4, 0.5) is 0 Å². The van der Waals surface area contributed by atoms with Gasteiger partial charge in [0, 0.05) is 12.7 Å². The fraction of sp³-hybridized carbons (Fsp3) is 0.0909. The van der Waals surface area contributed by atoms with Gasteiger partial charge in [-0.25, -0.2) is 0 Å². The van der Waals surface area contributed by atoms with Crippen LogP contribution in [0, 0.1) is 0 Å². The summed E-state index contributed by atoms with van der Waals surface area (Å²) in [5, 5.41) is 7.36. The van der Waals surface area contributed by atoms with E-state index in [-0.39, 0.29) is 5.91 Å². The molecule has 0 radical (unpaired) electrons. The largest absolute Gasteiger partial charge is 0.352 e. The normalized spacial score (nSPS) is 10.8. The van der Waals surface area contributed by atoms with E-state index in [9.17, 15) is 4.79 Å². The second kappa shape index (κ2) is 7.50. The molecule has 2 heterocycles. The van der Waals surface area contributed by atoms with Crippen LogP contribution in [0.1, 0.15) is 11.1 Å². The maximum Gasteiger partial charge on any atom is 0.224 e. The van der Waals surface area contributed by atoms with Gasteiger partial charge < -0.3 is 5.32 Å². The number of fused-ring (bicyclic) bond motifs is 1. The van der Waals surface area contributed by atoms with Crippen LogP contribution in [0.25, 0.3) is 21.3 Å². The molecule has 0 saturated heterocycles. The number of carbonyl (C=O) groups excluding carboxylic acids is 1. The third-order valence-corrected chi connectivity index (χ3v) is 5.23. The SMILES string of the molecule is O=C(Cc1cccc2ccccc12)NCc1cccnc1-c1cccs1. The third kappa shape index (κ3) is 3.51. The minimum Gasteiger partial charge on any atom is -0.352 e. The number of rotatable bonds is 5. The molecule has 1 N–H and O–H groups in total. The topological polar surface area (TPSA) is 42.0 Å². The zero-order valence-corrected chi connectivity index (χ0v) is 15.0. The molecule has 0 saturated carbocycles. The molecule has 0 spiro atoms. The lowest BCUT2D eigenvalue weighted by Crippen LogP contribution is -2.25. The maximum atomic E-state index is 12.5. The number of nitrogens with zero attached hydrogens (tertiary/aromatic N) is 1. The van der Waals surface area contributed by atoms with Gasteiger partial charge in [-0.1, -0.05) is 54.6 Å². The summed E-state index contributed by atoms with van der Waals surface area (Å²) in [6.07, 6.45) is 2.16. The first-order valence-corrected chi connectivity index (χ1v) is 9.40. The highest BCUT2D eigenvalue weighted by Crippen LogP contribution is 2.25. The smallest absolute Gasteiger partial charge is 0.224 e. The summed E-state index contributed by atoms with van der Waals surface area (Å²) in [4.78, 5) is 18.1. The molecule has 0 fully saturated rings. The predicted octanol–water partition coefficient (Wildman–Crippen LogP) is 4.82. The standard InChI is InChI=1S/C22H18N2OS/c25-21(14-17-8-3-7-16-6-1-2-10-19(16)17)24-15-18-9-4-12-23-22(18)20-11-5-13-26-20/h1-13H,14-15H2,(H,24,25). The highest BCUT2D eigenvalue weighted by molar-refractivity contribution is 7.13. The summed E-state index contributed by atoms with van der Waals surface area (Å²) in [6, 6.07) is 22.2. The van der Waals surface area contributed by atoms with E-state index < -0.39 is 0 Å². The number of hydrogen-bond acceptors (Lipinski definition) is 3. The van der Waals surface area contributed by atoms with Crippen molar-refractivity contribution in [3.8, 4) is 10.6 Å². The molecule has 0 atom stereocenters. The molecule has 4 aromatic rings. The predicted molar refractivity (Wildman–Crippen MR) is 107 cm³/mol. The molecule has 0 aliphatic heterocycles. The van der Waals surface area contributed by atoms with Crippen molar-refractivity contribution < 1.29 is 4.79 Å². The average Bonchev–Trinajstić information content (AvgIpc) is 3.21. The summed E-state index contributed by atoms with van der Waals surface area (Å²) in [5.74, 6) is 0.0161. The van der Waals surface area contributed by atoms with Gasteiger partial charge in [0.1, 0.15) is 0 Å². The van der Waals surface area contributed by atoms with E-state index in [0.717, 1.165) is 32.5 Å². The van der Waals surface area contributed by atoms with Crippen molar-refractivity contribution in [3.05, 3.63) is 89.4 Å². The zero-order valence-electron chi connectivity index (χ0n) is 14.2. The van der Waals surface area contributed by atoms with Crippen LogP contribution in [0.3, 0.4) is 0 Å². The van der Waals surface area contributed by atoms with Crippen molar-refractivity contribution >= 4 is 28.0 Å². The van der Waals surface area contributed by atoms with Crippen LogP contribution in [0.2, 0.25) is 0 Å². The van der Waals surface area contributed by atoms with Gasteiger partial charge in [-0.05, 0) is 39.4 Å². The summed E-state index contributed by atoms with van der Waals surface area (Å²) in [7, 11) is 0. The summed E-state index contributed by atoms with van der Waals surface area (Å²) >= 11 is 1.65. The number of thiophene rings is 1. The van der Waals surface area contributed by atoms with Crippen molar-refractivity contribution in [2.45, 2.75) is 13.0 Å². The number of aromatic nitrogens is 1. The Hall–Kier alpha value is -2.98. The number of benzene rings is 2. The first-order chi connectivity index (χ1) is 12.8. The van der Waals surface area contributed by atoms with Gasteiger partial charge in [0.2, 0.25) is 5.91 Å². The molecular formula is C22H18N2OS. The quantitative estimate of drug-likeness (QED) is 0.556. The number of pyridine rings is 1. The average molecular weight is 358 g/mol. The van der Waals surface area contributed by atoms with Crippen LogP contribution < -0.4 is 5.32 Å². The first kappa shape index (κ1) is 16.5. The highest BCUT2D eigenvalue weighted by atomic mass is 32.1. The number of amides is 1. The van der Waals surface area contributed by atoms with E-state index in [2.05, 4.69) is 34.6 Å². The Labute approximate surface area is 156 Å². The van der Waals surface area contributed by atoms with Crippen molar-refractivity contribution in [2.24, 2.45) is 0 Å². The number of hydrogen-bond donors (Lipinski definition) is 1. The molecule has 0 aliphatic rings. The van der Waals surface area contributed by atoms with Gasteiger partial charge in [-0.3, -0.25) is 9.78 Å². The minimum atomic E-state index is 0.0161. The number of carbonyl (C=O) groups is 1. The first-order valence-electron chi connectivity index (χ1n) is 8.52. The highest BCUT2D eigenvalue weighted by Gasteiger charge is 2.10. The van der Waals surface area contributed by atoms with E-state index in [1.807, 2.05) is 47.8 Å². The van der Waals surface area contributed by atoms with Crippen molar-refractivity contribution in [1.29, 1.82) is 0 Å². The van der Waals surface area contributed by atoms with Gasteiger partial charge in [0.15, 0.2) is 0 Å². The molecule has 2 aromatic carbocycles. The van der Waals surface area contributed by atoms with E-state index in [4.69, 9.17) is 0 Å². The Morgan fingerprint density at radius 3 is 2.65 bits per heavy atom. The molecular weight excluding hydrogens is 340 g/mol. The lowest BCUT2D eigenvalue weighted by Gasteiger charge is -2.10. The summed E-state index contributed by atoms with van der Waals surface area (Å²) in [6.45, 7) is 0.477. The second-order valence-electron chi connectivity index (χ2n) is 6.08. The Balaban J connectivity index is 1.48. The molecule has 0 bridgehead atoms. The van der Waals surface area contributed by atoms with Gasteiger partial charge in [-0.2, -0.15) is 0 Å². The molecule has 0 unspecified atom stereocenters. The molecule has 1 amide bonds. The summed E-state index contributed by atoms with van der Waals surface area (Å²) in [5.41, 5.74) is 3.01. The fourth-order valence-electron chi connectivity index (χ4n) is 3.09. The van der Waals surface area contributed by atoms with E-state index in [1.54, 1.807) is 17.5 Å². The minimum absolute atomic E-state index is 0.0161. The monoisotopic (exact) mass is 358 g/mol. The molecule has 4 rings (SSSR count). The molecule has 4 heteroatoms. The Morgan fingerprint density at radius 1 is 0.923 bits per heavy atom. The maximum absolute atomic E-state index is 12.5. The second-order valence-corrected chi connectivity index (χ2v) is 7.03. The van der Waals surface area contributed by atoms with Crippen molar-refractivity contribution in [1.82, 2.24) is 10.3 Å². The van der Waals surface area contributed by atoms with Gasteiger partial charge in [-0.15, -0.1) is 11.3 Å². The molecule has 0 aliphatic carbocycles. The molecule has 2 aromatic heterocycles. The molecule has 128 valence electrons. The van der Waals surface area contributed by atoms with Crippen LogP contribution in [0.15, 0.2) is 78.3 Å². The van der Waals surface area contributed by atoms with Crippen molar-refractivity contribution in [3.63, 3.8) is 0 Å². The Morgan fingerprint density at radius 2 is 1.77 bits per heavy atom. The van der Waals surface area contributed by atoms with Gasteiger partial charge >= 0.3 is 0 Å². The van der Waals surface area contributed by atoms with E-state index in [0.29, 0.717) is 13.0 Å². The van der Waals surface area contributed by atoms with Crippen LogP contribution in [0.5, 0.6) is 0 Å². The van der Waals surface area contributed by atoms with Crippen LogP contribution in [-0.2, 0) is 17.8 Å². The summed E-state index contributed by atoms with van der Waals surface area (Å²) < 4.78 is 0. The zero-order chi connectivity index (χ0) is 17.8. The van der Waals surface area contributed by atoms with E-state index >= 15 is 0 Å². The Kier molecular flexibility index (Phi) is 4.75. The van der Waals surface area contributed by atoms with Crippen molar-refractivity contribution in [2.75, 3.05) is 0 Å². The third-order valence-electron chi connectivity index (χ3n) is 4.35. The molecule has 26 heavy (non-hydrogen) atoms. The Bertz CT molecular complexity index is 1040. The van der Waals surface area contributed by atoms with Crippen LogP contribution >= 0.6 is 11.3 Å². The van der Waals surface area contributed by atoms with Gasteiger partial charge in [0.05, 0.1) is 17.0 Å². The lowest BCUT2D eigenvalue weighted by atomic mass is 10.0. The fourth-order valence-corrected chi connectivity index (χ4v) is 3.85. The van der Waals surface area contributed by atoms with Crippen LogP contribution in [-0.4, -0.2) is 10.9 Å². The molecule has 3 nitrogen and oxygen atoms in total.